The number of H-pyrrole nitrogens is 1. The van der Waals surface area contributed by atoms with Gasteiger partial charge in [-0.2, -0.15) is 0 Å². The van der Waals surface area contributed by atoms with Gasteiger partial charge < -0.3 is 9.88 Å². The second kappa shape index (κ2) is 8.35. The molecule has 0 saturated carbocycles. The molecule has 3 aromatic heterocycles. The van der Waals surface area contributed by atoms with Crippen molar-refractivity contribution in [1.29, 1.82) is 0 Å². The number of hydrogen-bond donors (Lipinski definition) is 1. The van der Waals surface area contributed by atoms with Crippen molar-refractivity contribution in [3.8, 4) is 0 Å². The number of amides is 1. The van der Waals surface area contributed by atoms with Gasteiger partial charge in [-0.1, -0.05) is 12.1 Å². The summed E-state index contributed by atoms with van der Waals surface area (Å²) in [5.41, 5.74) is 2.27. The Kier molecular flexibility index (Phi) is 5.41. The molecule has 31 heavy (non-hydrogen) atoms. The summed E-state index contributed by atoms with van der Waals surface area (Å²) in [6.07, 6.45) is 3.22. The van der Waals surface area contributed by atoms with Crippen LogP contribution in [0.15, 0.2) is 51.5 Å². The summed E-state index contributed by atoms with van der Waals surface area (Å²) in [7, 11) is 0. The van der Waals surface area contributed by atoms with Gasteiger partial charge in [-0.3, -0.25) is 18.6 Å². The van der Waals surface area contributed by atoms with E-state index in [1.54, 1.807) is 6.20 Å². The average Bonchev–Trinajstić information content (AvgIpc) is 3.37. The van der Waals surface area contributed by atoms with E-state index in [1.165, 1.54) is 33.6 Å². The van der Waals surface area contributed by atoms with Crippen LogP contribution >= 0.6 is 23.1 Å². The molecule has 1 aliphatic rings. The van der Waals surface area contributed by atoms with Gasteiger partial charge in [0.2, 0.25) is 5.91 Å². The number of carbonyl (C=O) groups excluding carboxylic acids is 1. The van der Waals surface area contributed by atoms with E-state index in [-0.39, 0.29) is 23.2 Å². The molecule has 0 atom stereocenters. The number of thioether (sulfide) groups is 1. The smallest absolute Gasteiger partial charge is 0.326 e. The van der Waals surface area contributed by atoms with Crippen LogP contribution in [0.3, 0.4) is 0 Å². The molecule has 160 valence electrons. The van der Waals surface area contributed by atoms with E-state index in [0.29, 0.717) is 35.3 Å². The number of rotatable bonds is 5. The first kappa shape index (κ1) is 20.1. The van der Waals surface area contributed by atoms with Gasteiger partial charge in [0.25, 0.3) is 5.56 Å². The Bertz CT molecular complexity index is 1360. The zero-order valence-electron chi connectivity index (χ0n) is 16.7. The maximum Gasteiger partial charge on any atom is 0.326 e. The van der Waals surface area contributed by atoms with E-state index in [0.717, 1.165) is 23.9 Å². The lowest BCUT2D eigenvalue weighted by Gasteiger charge is -2.32. The Hall–Kier alpha value is -2.85. The van der Waals surface area contributed by atoms with E-state index in [1.807, 2.05) is 39.1 Å². The molecule has 5 rings (SSSR count). The first-order chi connectivity index (χ1) is 15.1. The molecule has 0 unspecified atom stereocenters. The third kappa shape index (κ3) is 3.92. The SMILES string of the molecule is O=C(CSCc1cc(=O)n2ccsc2n1)N1CCC(n2c(=O)[nH]c3ccccc32)CC1. The summed E-state index contributed by atoms with van der Waals surface area (Å²) in [4.78, 5) is 47.0. The zero-order chi connectivity index (χ0) is 21.4. The van der Waals surface area contributed by atoms with Crippen LogP contribution in [0.5, 0.6) is 0 Å². The first-order valence-electron chi connectivity index (χ1n) is 10.1. The maximum absolute atomic E-state index is 12.6. The molecule has 1 amide bonds. The molecule has 4 aromatic rings. The van der Waals surface area contributed by atoms with Gasteiger partial charge >= 0.3 is 5.69 Å². The highest BCUT2D eigenvalue weighted by Gasteiger charge is 2.25. The minimum atomic E-state index is -0.0947. The molecule has 8 nitrogen and oxygen atoms in total. The summed E-state index contributed by atoms with van der Waals surface area (Å²) >= 11 is 2.89. The molecule has 0 bridgehead atoms. The van der Waals surface area contributed by atoms with Crippen LogP contribution < -0.4 is 11.2 Å². The lowest BCUT2D eigenvalue weighted by atomic mass is 10.0. The highest BCUT2D eigenvalue weighted by molar-refractivity contribution is 7.99. The highest BCUT2D eigenvalue weighted by Crippen LogP contribution is 2.25. The number of fused-ring (bicyclic) bond motifs is 2. The van der Waals surface area contributed by atoms with E-state index in [2.05, 4.69) is 9.97 Å². The van der Waals surface area contributed by atoms with Gasteiger partial charge in [0.05, 0.1) is 22.5 Å². The van der Waals surface area contributed by atoms with Crippen LogP contribution in [-0.2, 0) is 10.5 Å². The fraction of sp³-hybridized carbons (Fsp3) is 0.333. The standard InChI is InChI=1S/C21H21N5O3S2/c27-18-11-14(22-21-25(18)9-10-31-21)12-30-13-19(28)24-7-5-15(6-8-24)26-17-4-2-1-3-16(17)23-20(26)29/h1-4,9-11,15H,5-8,12-13H2,(H,23,29). The number of nitrogens with one attached hydrogen (secondary N) is 1. The summed E-state index contributed by atoms with van der Waals surface area (Å²) in [6.45, 7) is 1.27. The van der Waals surface area contributed by atoms with Crippen molar-refractivity contribution < 1.29 is 4.79 Å². The van der Waals surface area contributed by atoms with Crippen molar-refractivity contribution in [3.05, 3.63) is 68.4 Å². The molecule has 10 heteroatoms. The first-order valence-corrected chi connectivity index (χ1v) is 12.1. The van der Waals surface area contributed by atoms with E-state index in [9.17, 15) is 14.4 Å². The quantitative estimate of drug-likeness (QED) is 0.499. The zero-order valence-corrected chi connectivity index (χ0v) is 18.3. The lowest BCUT2D eigenvalue weighted by molar-refractivity contribution is -0.129. The number of benzene rings is 1. The van der Waals surface area contributed by atoms with Crippen molar-refractivity contribution in [3.63, 3.8) is 0 Å². The summed E-state index contributed by atoms with van der Waals surface area (Å²) < 4.78 is 3.35. The van der Waals surface area contributed by atoms with Gasteiger partial charge in [-0.25, -0.2) is 9.78 Å². The predicted octanol–water partition coefficient (Wildman–Crippen LogP) is 2.50. The Balaban J connectivity index is 1.17. The number of imidazole rings is 1. The maximum atomic E-state index is 12.6. The van der Waals surface area contributed by atoms with Crippen molar-refractivity contribution in [2.24, 2.45) is 0 Å². The molecular weight excluding hydrogens is 434 g/mol. The number of thiazole rings is 1. The number of hydrogen-bond acceptors (Lipinski definition) is 6. The minimum Gasteiger partial charge on any atom is -0.342 e. The molecular formula is C21H21N5O3S2. The molecule has 0 radical (unpaired) electrons. The van der Waals surface area contributed by atoms with Crippen LogP contribution in [0.4, 0.5) is 0 Å². The van der Waals surface area contributed by atoms with Crippen LogP contribution in [0.25, 0.3) is 16.0 Å². The molecule has 0 spiro atoms. The predicted molar refractivity (Wildman–Crippen MR) is 123 cm³/mol. The van der Waals surface area contributed by atoms with Crippen LogP contribution in [-0.4, -0.2) is 48.6 Å². The Morgan fingerprint density at radius 2 is 2.03 bits per heavy atom. The Morgan fingerprint density at radius 3 is 2.87 bits per heavy atom. The number of para-hydroxylation sites is 2. The van der Waals surface area contributed by atoms with Gasteiger partial charge in [0.15, 0.2) is 4.96 Å². The van der Waals surface area contributed by atoms with E-state index in [4.69, 9.17) is 0 Å². The third-order valence-electron chi connectivity index (χ3n) is 5.64. The minimum absolute atomic E-state index is 0.0867. The van der Waals surface area contributed by atoms with Crippen LogP contribution in [0, 0.1) is 0 Å². The highest BCUT2D eigenvalue weighted by atomic mass is 32.2. The number of aromatic amines is 1. The molecule has 1 N–H and O–H groups in total. The Labute approximate surface area is 185 Å². The third-order valence-corrected chi connectivity index (χ3v) is 7.35. The second-order valence-corrected chi connectivity index (χ2v) is 9.42. The topological polar surface area (TPSA) is 92.5 Å². The van der Waals surface area contributed by atoms with E-state index >= 15 is 0 Å². The lowest BCUT2D eigenvalue weighted by Crippen LogP contribution is -2.41. The fourth-order valence-corrected chi connectivity index (χ4v) is 5.66. The largest absolute Gasteiger partial charge is 0.342 e. The van der Waals surface area contributed by atoms with Crippen molar-refractivity contribution in [1.82, 2.24) is 23.8 Å². The summed E-state index contributed by atoms with van der Waals surface area (Å²) in [6, 6.07) is 9.32. The van der Waals surface area contributed by atoms with Crippen LogP contribution in [0.2, 0.25) is 0 Å². The monoisotopic (exact) mass is 455 g/mol. The molecule has 1 aromatic carbocycles. The summed E-state index contributed by atoms with van der Waals surface area (Å²) in [5, 5.41) is 1.83. The molecule has 0 aliphatic carbocycles. The van der Waals surface area contributed by atoms with Gasteiger partial charge in [-0.05, 0) is 25.0 Å². The average molecular weight is 456 g/mol. The number of likely N-dealkylation sites (tertiary alicyclic amines) is 1. The van der Waals surface area contributed by atoms with E-state index < -0.39 is 0 Å². The fourth-order valence-electron chi connectivity index (χ4n) is 4.11. The number of nitrogens with zero attached hydrogens (tertiary/aromatic N) is 4. The van der Waals surface area contributed by atoms with Crippen molar-refractivity contribution in [2.45, 2.75) is 24.6 Å². The van der Waals surface area contributed by atoms with Gasteiger partial charge in [-0.15, -0.1) is 23.1 Å². The van der Waals surface area contributed by atoms with Crippen molar-refractivity contribution >= 4 is 45.0 Å². The molecule has 1 aliphatic heterocycles. The van der Waals surface area contributed by atoms with Gasteiger partial charge in [0.1, 0.15) is 0 Å². The number of aromatic nitrogens is 4. The summed E-state index contributed by atoms with van der Waals surface area (Å²) in [5.74, 6) is 0.961. The normalized spacial score (nSPS) is 15.2. The second-order valence-electron chi connectivity index (χ2n) is 7.56. The van der Waals surface area contributed by atoms with Gasteiger partial charge in [0, 0.05) is 42.5 Å². The molecule has 1 fully saturated rings. The van der Waals surface area contributed by atoms with Crippen molar-refractivity contribution in [2.75, 3.05) is 18.8 Å². The van der Waals surface area contributed by atoms with Crippen LogP contribution in [0.1, 0.15) is 24.6 Å². The Morgan fingerprint density at radius 1 is 1.23 bits per heavy atom. The number of carbonyl (C=O) groups is 1. The molecule has 4 heterocycles. The number of piperidine rings is 1. The molecule has 1 saturated heterocycles.